The van der Waals surface area contributed by atoms with Crippen LogP contribution >= 0.6 is 0 Å². The molecule has 24 heavy (non-hydrogen) atoms. The molecule has 0 bridgehead atoms. The van der Waals surface area contributed by atoms with E-state index in [1.165, 1.54) is 0 Å². The first-order valence-electron chi connectivity index (χ1n) is 8.31. The third-order valence-electron chi connectivity index (χ3n) is 4.51. The Labute approximate surface area is 142 Å². The zero-order chi connectivity index (χ0) is 17.1. The molecule has 0 aliphatic carbocycles. The Kier molecular flexibility index (Phi) is 4.78. The third-order valence-corrected chi connectivity index (χ3v) is 4.51. The maximum absolute atomic E-state index is 12.1. The minimum atomic E-state index is 0.0643. The number of hydrogen-bond donors (Lipinski definition) is 0. The third kappa shape index (κ3) is 3.55. The molecular weight excluding hydrogens is 304 g/mol. The van der Waals surface area contributed by atoms with Crippen molar-refractivity contribution in [3.8, 4) is 0 Å². The van der Waals surface area contributed by atoms with E-state index in [0.29, 0.717) is 11.5 Å². The summed E-state index contributed by atoms with van der Waals surface area (Å²) in [5, 5.41) is 0. The summed E-state index contributed by atoms with van der Waals surface area (Å²) in [6, 6.07) is 1.91. The van der Waals surface area contributed by atoms with Gasteiger partial charge in [0.15, 0.2) is 0 Å². The molecule has 0 saturated carbocycles. The molecule has 0 spiro atoms. The van der Waals surface area contributed by atoms with Gasteiger partial charge in [-0.3, -0.25) is 9.36 Å². The van der Waals surface area contributed by atoms with Crippen molar-refractivity contribution < 1.29 is 0 Å². The Morgan fingerprint density at radius 3 is 2.75 bits per heavy atom. The van der Waals surface area contributed by atoms with Crippen LogP contribution in [0, 0.1) is 12.8 Å². The van der Waals surface area contributed by atoms with Crippen molar-refractivity contribution in [3.63, 3.8) is 0 Å². The monoisotopic (exact) mass is 328 g/mol. The second-order valence-corrected chi connectivity index (χ2v) is 6.57. The molecule has 128 valence electrons. The zero-order valence-electron chi connectivity index (χ0n) is 14.5. The van der Waals surface area contributed by atoms with Crippen LogP contribution in [0.4, 0.5) is 11.8 Å². The maximum atomic E-state index is 12.1. The Balaban J connectivity index is 1.63. The van der Waals surface area contributed by atoms with Gasteiger partial charge in [0.1, 0.15) is 5.82 Å². The fourth-order valence-corrected chi connectivity index (χ4v) is 3.02. The molecule has 7 nitrogen and oxygen atoms in total. The van der Waals surface area contributed by atoms with E-state index in [4.69, 9.17) is 0 Å². The van der Waals surface area contributed by atoms with Crippen molar-refractivity contribution in [2.75, 3.05) is 37.0 Å². The number of hydrogen-bond acceptors (Lipinski definition) is 6. The number of aromatic nitrogens is 4. The van der Waals surface area contributed by atoms with Crippen LogP contribution in [0.15, 0.2) is 29.6 Å². The Morgan fingerprint density at radius 1 is 1.29 bits per heavy atom. The van der Waals surface area contributed by atoms with E-state index in [9.17, 15) is 4.79 Å². The zero-order valence-corrected chi connectivity index (χ0v) is 14.5. The standard InChI is InChI=1S/C17H24N6O/c1-13-10-18-12-23(16(13)24)11-14-5-8-22(9-6-14)17-19-7-4-15(20-17)21(2)3/h4,7,10,12,14H,5-6,8-9,11H2,1-3H3. The first-order valence-corrected chi connectivity index (χ1v) is 8.31. The molecule has 0 amide bonds. The largest absolute Gasteiger partial charge is 0.363 e. The summed E-state index contributed by atoms with van der Waals surface area (Å²) in [6.07, 6.45) is 7.12. The number of nitrogens with zero attached hydrogens (tertiary/aromatic N) is 6. The second-order valence-electron chi connectivity index (χ2n) is 6.57. The van der Waals surface area contributed by atoms with Crippen LogP contribution in [0.1, 0.15) is 18.4 Å². The lowest BCUT2D eigenvalue weighted by molar-refractivity contribution is 0.348. The number of aryl methyl sites for hydroxylation is 1. The van der Waals surface area contributed by atoms with E-state index in [2.05, 4.69) is 19.9 Å². The summed E-state index contributed by atoms with van der Waals surface area (Å²) in [6.45, 7) is 4.37. The van der Waals surface area contributed by atoms with Crippen molar-refractivity contribution in [2.45, 2.75) is 26.3 Å². The van der Waals surface area contributed by atoms with Gasteiger partial charge in [0.2, 0.25) is 5.95 Å². The molecule has 0 radical (unpaired) electrons. The summed E-state index contributed by atoms with van der Waals surface area (Å²) in [5.41, 5.74) is 0.762. The fraction of sp³-hybridized carbons (Fsp3) is 0.529. The first kappa shape index (κ1) is 16.4. The summed E-state index contributed by atoms with van der Waals surface area (Å²) >= 11 is 0. The predicted molar refractivity (Wildman–Crippen MR) is 94.5 cm³/mol. The number of anilines is 2. The normalized spacial score (nSPS) is 15.5. The van der Waals surface area contributed by atoms with Gasteiger partial charge in [-0.05, 0) is 31.7 Å². The average molecular weight is 328 g/mol. The van der Waals surface area contributed by atoms with Crippen LogP contribution in [0.5, 0.6) is 0 Å². The van der Waals surface area contributed by atoms with Gasteiger partial charge in [-0.25, -0.2) is 9.97 Å². The lowest BCUT2D eigenvalue weighted by atomic mass is 9.97. The summed E-state index contributed by atoms with van der Waals surface area (Å²) in [5.74, 6) is 2.19. The van der Waals surface area contributed by atoms with Gasteiger partial charge < -0.3 is 9.80 Å². The van der Waals surface area contributed by atoms with E-state index >= 15 is 0 Å². The van der Waals surface area contributed by atoms with Crippen molar-refractivity contribution in [1.29, 1.82) is 0 Å². The van der Waals surface area contributed by atoms with Crippen LogP contribution in [0.2, 0.25) is 0 Å². The van der Waals surface area contributed by atoms with E-state index < -0.39 is 0 Å². The van der Waals surface area contributed by atoms with E-state index in [1.807, 2.05) is 38.2 Å². The van der Waals surface area contributed by atoms with Gasteiger partial charge in [-0.15, -0.1) is 0 Å². The first-order chi connectivity index (χ1) is 11.5. The van der Waals surface area contributed by atoms with E-state index in [1.54, 1.807) is 17.1 Å². The lowest BCUT2D eigenvalue weighted by Crippen LogP contribution is -2.37. The van der Waals surface area contributed by atoms with Gasteiger partial charge in [-0.1, -0.05) is 0 Å². The van der Waals surface area contributed by atoms with Gasteiger partial charge in [-0.2, -0.15) is 4.98 Å². The molecule has 3 heterocycles. The SMILES string of the molecule is Cc1cncn(CC2CCN(c3nccc(N(C)C)n3)CC2)c1=O. The minimum absolute atomic E-state index is 0.0643. The second kappa shape index (κ2) is 6.98. The van der Waals surface area contributed by atoms with Crippen LogP contribution in [0.3, 0.4) is 0 Å². The van der Waals surface area contributed by atoms with Crippen LogP contribution in [-0.2, 0) is 6.54 Å². The number of piperidine rings is 1. The topological polar surface area (TPSA) is 67.2 Å². The maximum Gasteiger partial charge on any atom is 0.256 e. The fourth-order valence-electron chi connectivity index (χ4n) is 3.02. The molecular formula is C17H24N6O. The molecule has 0 atom stereocenters. The van der Waals surface area contributed by atoms with Crippen molar-refractivity contribution in [3.05, 3.63) is 40.7 Å². The minimum Gasteiger partial charge on any atom is -0.363 e. The Morgan fingerprint density at radius 2 is 2.04 bits per heavy atom. The highest BCUT2D eigenvalue weighted by atomic mass is 16.1. The molecule has 0 N–H and O–H groups in total. The summed E-state index contributed by atoms with van der Waals surface area (Å²) in [4.78, 5) is 29.5. The van der Waals surface area contributed by atoms with E-state index in [-0.39, 0.29) is 5.56 Å². The molecule has 1 saturated heterocycles. The molecule has 1 aliphatic rings. The van der Waals surface area contributed by atoms with Crippen molar-refractivity contribution in [2.24, 2.45) is 5.92 Å². The summed E-state index contributed by atoms with van der Waals surface area (Å²) < 4.78 is 1.73. The van der Waals surface area contributed by atoms with Gasteiger partial charge in [0.25, 0.3) is 5.56 Å². The van der Waals surface area contributed by atoms with Crippen molar-refractivity contribution >= 4 is 11.8 Å². The molecule has 1 fully saturated rings. The van der Waals surface area contributed by atoms with E-state index in [0.717, 1.165) is 44.2 Å². The highest BCUT2D eigenvalue weighted by Crippen LogP contribution is 2.22. The predicted octanol–water partition coefficient (Wildman–Crippen LogP) is 1.32. The van der Waals surface area contributed by atoms with Gasteiger partial charge >= 0.3 is 0 Å². The smallest absolute Gasteiger partial charge is 0.256 e. The highest BCUT2D eigenvalue weighted by Gasteiger charge is 2.22. The molecule has 0 unspecified atom stereocenters. The Hall–Kier alpha value is -2.44. The molecule has 0 aromatic carbocycles. The lowest BCUT2D eigenvalue weighted by Gasteiger charge is -2.32. The van der Waals surface area contributed by atoms with Crippen LogP contribution < -0.4 is 15.4 Å². The van der Waals surface area contributed by atoms with Crippen LogP contribution in [0.25, 0.3) is 0 Å². The quantitative estimate of drug-likeness (QED) is 0.843. The van der Waals surface area contributed by atoms with Gasteiger partial charge in [0.05, 0.1) is 6.33 Å². The van der Waals surface area contributed by atoms with Crippen molar-refractivity contribution in [1.82, 2.24) is 19.5 Å². The van der Waals surface area contributed by atoms with Gasteiger partial charge in [0, 0.05) is 51.7 Å². The molecule has 7 heteroatoms. The Bertz CT molecular complexity index is 749. The molecule has 2 aromatic heterocycles. The average Bonchev–Trinajstić information content (AvgIpc) is 2.60. The molecule has 2 aromatic rings. The molecule has 1 aliphatic heterocycles. The summed E-state index contributed by atoms with van der Waals surface area (Å²) in [7, 11) is 3.96. The van der Waals surface area contributed by atoms with Crippen LogP contribution in [-0.4, -0.2) is 46.7 Å². The number of rotatable bonds is 4. The molecule has 3 rings (SSSR count). The highest BCUT2D eigenvalue weighted by molar-refractivity contribution is 5.42.